The molecule has 0 amide bonds. The molecule has 1 aromatic carbocycles. The quantitative estimate of drug-likeness (QED) is 0.654. The van der Waals surface area contributed by atoms with Gasteiger partial charge in [0.1, 0.15) is 0 Å². The van der Waals surface area contributed by atoms with E-state index in [1.807, 2.05) is 18.2 Å². The molecule has 0 heterocycles. The van der Waals surface area contributed by atoms with Crippen molar-refractivity contribution in [2.75, 3.05) is 5.73 Å². The first kappa shape index (κ1) is 9.81. The van der Waals surface area contributed by atoms with Gasteiger partial charge < -0.3 is 5.73 Å². The van der Waals surface area contributed by atoms with Crippen molar-refractivity contribution in [3.63, 3.8) is 0 Å². The van der Waals surface area contributed by atoms with Crippen LogP contribution in [0.3, 0.4) is 0 Å². The number of rotatable bonds is 2. The number of benzene rings is 1. The lowest BCUT2D eigenvalue weighted by molar-refractivity contribution is 1.26. The number of allylic oxidation sites excluding steroid dienone is 1. The van der Waals surface area contributed by atoms with Crippen LogP contribution in [-0.2, 0) is 6.42 Å². The number of nitrogens with two attached hydrogens (primary N) is 1. The van der Waals surface area contributed by atoms with Crippen molar-refractivity contribution >= 4 is 37.5 Å². The highest BCUT2D eigenvalue weighted by Gasteiger charge is 2.02. The first-order valence-electron chi connectivity index (χ1n) is 3.49. The highest BCUT2D eigenvalue weighted by molar-refractivity contribution is 9.11. The molecule has 3 heteroatoms. The van der Waals surface area contributed by atoms with Crippen molar-refractivity contribution in [3.8, 4) is 0 Å². The minimum atomic E-state index is 0.739. The van der Waals surface area contributed by atoms with Gasteiger partial charge in [0.2, 0.25) is 0 Å². The molecule has 0 radical (unpaired) electrons. The van der Waals surface area contributed by atoms with Crippen LogP contribution in [0.2, 0.25) is 0 Å². The molecule has 0 aliphatic heterocycles. The van der Waals surface area contributed by atoms with E-state index in [0.29, 0.717) is 0 Å². The van der Waals surface area contributed by atoms with E-state index in [1.54, 1.807) is 0 Å². The minimum absolute atomic E-state index is 0.739. The highest BCUT2D eigenvalue weighted by atomic mass is 79.9. The van der Waals surface area contributed by atoms with Crippen molar-refractivity contribution in [2.45, 2.75) is 6.42 Å². The Bertz CT molecular complexity index is 284. The van der Waals surface area contributed by atoms with Gasteiger partial charge in [-0.15, -0.1) is 6.58 Å². The minimum Gasteiger partial charge on any atom is -0.397 e. The second-order valence-corrected chi connectivity index (χ2v) is 4.17. The Kier molecular flexibility index (Phi) is 3.35. The molecule has 0 aromatic heterocycles. The predicted molar refractivity (Wildman–Crippen MR) is 60.2 cm³/mol. The smallest absolute Gasteiger partial charge is 0.0603 e. The Morgan fingerprint density at radius 2 is 1.83 bits per heavy atom. The molecule has 0 spiro atoms. The lowest BCUT2D eigenvalue weighted by atomic mass is 10.1. The van der Waals surface area contributed by atoms with Gasteiger partial charge in [0.05, 0.1) is 5.69 Å². The summed E-state index contributed by atoms with van der Waals surface area (Å²) >= 11 is 6.76. The molecule has 64 valence electrons. The summed E-state index contributed by atoms with van der Waals surface area (Å²) in [6.45, 7) is 3.68. The highest BCUT2D eigenvalue weighted by Crippen LogP contribution is 2.29. The van der Waals surface area contributed by atoms with Crippen LogP contribution in [0.4, 0.5) is 5.69 Å². The van der Waals surface area contributed by atoms with E-state index >= 15 is 0 Å². The maximum absolute atomic E-state index is 5.73. The molecule has 0 unspecified atom stereocenters. The lowest BCUT2D eigenvalue weighted by Gasteiger charge is -2.04. The second-order valence-electron chi connectivity index (χ2n) is 2.47. The molecule has 0 atom stereocenters. The van der Waals surface area contributed by atoms with E-state index in [4.69, 9.17) is 5.73 Å². The standard InChI is InChI=1S/C9H9Br2N/c1-2-3-6-4-7(10)9(12)8(11)5-6/h2,4-5H,1,3,12H2. The second kappa shape index (κ2) is 4.10. The van der Waals surface area contributed by atoms with Crippen molar-refractivity contribution in [1.82, 2.24) is 0 Å². The van der Waals surface area contributed by atoms with Crippen LogP contribution in [0, 0.1) is 0 Å². The van der Waals surface area contributed by atoms with Gasteiger partial charge in [0.25, 0.3) is 0 Å². The summed E-state index contributed by atoms with van der Waals surface area (Å²) < 4.78 is 1.85. The monoisotopic (exact) mass is 289 g/mol. The van der Waals surface area contributed by atoms with E-state index in [1.165, 1.54) is 5.56 Å². The van der Waals surface area contributed by atoms with Crippen LogP contribution in [0.5, 0.6) is 0 Å². The van der Waals surface area contributed by atoms with E-state index in [0.717, 1.165) is 21.1 Å². The summed E-state index contributed by atoms with van der Waals surface area (Å²) in [6.07, 6.45) is 2.72. The largest absolute Gasteiger partial charge is 0.397 e. The van der Waals surface area contributed by atoms with Gasteiger partial charge in [-0.2, -0.15) is 0 Å². The molecule has 0 aliphatic carbocycles. The summed E-state index contributed by atoms with van der Waals surface area (Å²) in [5.41, 5.74) is 7.66. The molecule has 0 saturated carbocycles. The van der Waals surface area contributed by atoms with Crippen LogP contribution < -0.4 is 5.73 Å². The SMILES string of the molecule is C=CCc1cc(Br)c(N)c(Br)c1. The van der Waals surface area contributed by atoms with E-state index in [2.05, 4.69) is 38.4 Å². The van der Waals surface area contributed by atoms with Gasteiger partial charge in [-0.25, -0.2) is 0 Å². The first-order valence-corrected chi connectivity index (χ1v) is 5.08. The van der Waals surface area contributed by atoms with Crippen molar-refractivity contribution in [1.29, 1.82) is 0 Å². The zero-order valence-electron chi connectivity index (χ0n) is 6.48. The van der Waals surface area contributed by atoms with Gasteiger partial charge in [-0.3, -0.25) is 0 Å². The van der Waals surface area contributed by atoms with Crippen molar-refractivity contribution in [2.24, 2.45) is 0 Å². The molecule has 0 aliphatic rings. The molecule has 1 rings (SSSR count). The fourth-order valence-corrected chi connectivity index (χ4v) is 2.20. The van der Waals surface area contributed by atoms with Crippen LogP contribution >= 0.6 is 31.9 Å². The Hall–Kier alpha value is -0.280. The number of hydrogen-bond donors (Lipinski definition) is 1. The third-order valence-corrected chi connectivity index (χ3v) is 2.83. The summed E-state index contributed by atoms with van der Waals surface area (Å²) in [4.78, 5) is 0. The Morgan fingerprint density at radius 1 is 1.33 bits per heavy atom. The predicted octanol–water partition coefficient (Wildman–Crippen LogP) is 3.52. The Labute approximate surface area is 88.9 Å². The molecule has 2 N–H and O–H groups in total. The Balaban J connectivity index is 3.11. The molecule has 1 aromatic rings. The fourth-order valence-electron chi connectivity index (χ4n) is 0.921. The third kappa shape index (κ3) is 2.11. The maximum Gasteiger partial charge on any atom is 0.0603 e. The molecule has 12 heavy (non-hydrogen) atoms. The number of halogens is 2. The van der Waals surface area contributed by atoms with Gasteiger partial charge >= 0.3 is 0 Å². The molecular weight excluding hydrogens is 282 g/mol. The molecule has 0 saturated heterocycles. The van der Waals surface area contributed by atoms with Gasteiger partial charge in [-0.05, 0) is 56.0 Å². The maximum atomic E-state index is 5.73. The van der Waals surface area contributed by atoms with Crippen LogP contribution in [0.1, 0.15) is 5.56 Å². The van der Waals surface area contributed by atoms with Crippen molar-refractivity contribution in [3.05, 3.63) is 39.3 Å². The third-order valence-electron chi connectivity index (χ3n) is 1.52. The van der Waals surface area contributed by atoms with E-state index < -0.39 is 0 Å². The summed E-state index contributed by atoms with van der Waals surface area (Å²) in [7, 11) is 0. The summed E-state index contributed by atoms with van der Waals surface area (Å²) in [6, 6.07) is 4.00. The fraction of sp³-hybridized carbons (Fsp3) is 0.111. The van der Waals surface area contributed by atoms with Gasteiger partial charge in [-0.1, -0.05) is 6.08 Å². The van der Waals surface area contributed by atoms with Crippen molar-refractivity contribution < 1.29 is 0 Å². The summed E-state index contributed by atoms with van der Waals surface area (Å²) in [5, 5.41) is 0. The summed E-state index contributed by atoms with van der Waals surface area (Å²) in [5.74, 6) is 0. The van der Waals surface area contributed by atoms with E-state index in [-0.39, 0.29) is 0 Å². The lowest BCUT2D eigenvalue weighted by Crippen LogP contribution is -1.90. The zero-order valence-corrected chi connectivity index (χ0v) is 9.65. The number of anilines is 1. The van der Waals surface area contributed by atoms with E-state index in [9.17, 15) is 0 Å². The average molecular weight is 291 g/mol. The topological polar surface area (TPSA) is 26.0 Å². The first-order chi connectivity index (χ1) is 5.65. The van der Waals surface area contributed by atoms with Crippen LogP contribution in [0.25, 0.3) is 0 Å². The zero-order chi connectivity index (χ0) is 9.14. The molecule has 1 nitrogen and oxygen atoms in total. The van der Waals surface area contributed by atoms with Crippen LogP contribution in [-0.4, -0.2) is 0 Å². The molecule has 0 fully saturated rings. The average Bonchev–Trinajstić information content (AvgIpc) is 2.01. The van der Waals surface area contributed by atoms with Gasteiger partial charge in [0.15, 0.2) is 0 Å². The number of nitrogen functional groups attached to an aromatic ring is 1. The molecule has 0 bridgehead atoms. The normalized spacial score (nSPS) is 9.83. The number of hydrogen-bond acceptors (Lipinski definition) is 1. The van der Waals surface area contributed by atoms with Crippen LogP contribution in [0.15, 0.2) is 33.7 Å². The van der Waals surface area contributed by atoms with Gasteiger partial charge in [0, 0.05) is 8.95 Å². The Morgan fingerprint density at radius 3 is 2.25 bits per heavy atom. The molecular formula is C9H9Br2N.